The van der Waals surface area contributed by atoms with Crippen LogP contribution in [0.2, 0.25) is 0 Å². The quantitative estimate of drug-likeness (QED) is 0.213. The minimum Gasteiger partial charge on any atom is -0.307 e. The van der Waals surface area contributed by atoms with Crippen molar-refractivity contribution >= 4 is 39.1 Å². The summed E-state index contributed by atoms with van der Waals surface area (Å²) in [5.74, 6) is 0. The molecule has 1 aliphatic rings. The molecule has 8 rings (SSSR count). The predicted octanol–water partition coefficient (Wildman–Crippen LogP) is 7.26. The van der Waals surface area contributed by atoms with Crippen LogP contribution in [-0.4, -0.2) is 35.0 Å². The Labute approximate surface area is 250 Å². The highest BCUT2D eigenvalue weighted by atomic mass is 15.0. The van der Waals surface area contributed by atoms with E-state index < -0.39 is 0 Å². The van der Waals surface area contributed by atoms with Gasteiger partial charge in [-0.3, -0.25) is 9.98 Å². The minimum atomic E-state index is 0.849. The summed E-state index contributed by atoms with van der Waals surface area (Å²) in [5, 5.41) is 0. The second-order valence-electron chi connectivity index (χ2n) is 10.8. The number of fused-ring (bicyclic) bond motifs is 4. The Balaban J connectivity index is 0.000000140. The van der Waals surface area contributed by atoms with E-state index in [1.165, 1.54) is 11.3 Å². The Morgan fingerprint density at radius 3 is 2.14 bits per heavy atom. The molecule has 0 N–H and O–H groups in total. The number of benzene rings is 3. The summed E-state index contributed by atoms with van der Waals surface area (Å²) in [7, 11) is 0. The number of imidazole rings is 1. The molecule has 210 valence electrons. The molecular formula is C36H31N7. The first-order valence-electron chi connectivity index (χ1n) is 14.7. The molecule has 43 heavy (non-hydrogen) atoms. The average molecular weight is 562 g/mol. The zero-order chi connectivity index (χ0) is 29.0. The Hall–Kier alpha value is -5.30. The molecule has 0 unspecified atom stereocenters. The molecule has 0 radical (unpaired) electrons. The first-order chi connectivity index (χ1) is 21.2. The van der Waals surface area contributed by atoms with Crippen LogP contribution in [-0.2, 0) is 25.7 Å². The summed E-state index contributed by atoms with van der Waals surface area (Å²) in [6.45, 7) is 2.04. The number of pyridine rings is 1. The Kier molecular flexibility index (Phi) is 7.36. The minimum absolute atomic E-state index is 0.849. The van der Waals surface area contributed by atoms with Crippen LogP contribution in [0.25, 0.3) is 27.7 Å². The van der Waals surface area contributed by atoms with Crippen LogP contribution in [0, 0.1) is 6.92 Å². The first-order valence-corrected chi connectivity index (χ1v) is 14.7. The molecule has 0 spiro atoms. The molecule has 7 heteroatoms. The van der Waals surface area contributed by atoms with Gasteiger partial charge in [-0.05, 0) is 80.6 Å². The lowest BCUT2D eigenvalue weighted by atomic mass is 10.1. The van der Waals surface area contributed by atoms with Gasteiger partial charge >= 0.3 is 0 Å². The number of hydrogen-bond acceptors (Lipinski definition) is 6. The van der Waals surface area contributed by atoms with Crippen LogP contribution in [0.1, 0.15) is 34.8 Å². The van der Waals surface area contributed by atoms with Crippen molar-refractivity contribution in [3.8, 4) is 0 Å². The van der Waals surface area contributed by atoms with E-state index >= 15 is 0 Å². The topological polar surface area (TPSA) is 81.2 Å². The van der Waals surface area contributed by atoms with Crippen molar-refractivity contribution in [3.63, 3.8) is 0 Å². The van der Waals surface area contributed by atoms with Crippen molar-refractivity contribution in [2.24, 2.45) is 4.99 Å². The summed E-state index contributed by atoms with van der Waals surface area (Å²) in [4.78, 5) is 27.9. The SMILES string of the molecule is Cc1nc2ccccc2nc1CCC1=Nc2ccccc2C1.c1ccc2nc(CCc3cn4ccccc4n3)cnc2c1. The Bertz CT molecular complexity index is 2060. The molecule has 0 saturated heterocycles. The molecule has 0 aliphatic carbocycles. The molecule has 0 bridgehead atoms. The van der Waals surface area contributed by atoms with Gasteiger partial charge in [0.05, 0.1) is 50.5 Å². The Morgan fingerprint density at radius 1 is 0.628 bits per heavy atom. The molecule has 3 aromatic carbocycles. The van der Waals surface area contributed by atoms with Crippen molar-refractivity contribution in [1.82, 2.24) is 29.3 Å². The van der Waals surface area contributed by atoms with E-state index in [0.29, 0.717) is 0 Å². The van der Waals surface area contributed by atoms with Crippen LogP contribution < -0.4 is 0 Å². The molecule has 0 fully saturated rings. The van der Waals surface area contributed by atoms with Crippen molar-refractivity contribution in [2.45, 2.75) is 39.0 Å². The third-order valence-corrected chi connectivity index (χ3v) is 7.71. The van der Waals surface area contributed by atoms with E-state index in [1.807, 2.05) is 96.5 Å². The molecule has 4 aromatic heterocycles. The van der Waals surface area contributed by atoms with Gasteiger partial charge in [0.2, 0.25) is 0 Å². The number of para-hydroxylation sites is 5. The van der Waals surface area contributed by atoms with Crippen molar-refractivity contribution in [2.75, 3.05) is 0 Å². The third kappa shape index (κ3) is 6.02. The van der Waals surface area contributed by atoms with Crippen LogP contribution in [0.3, 0.4) is 0 Å². The number of hydrogen-bond donors (Lipinski definition) is 0. The normalized spacial score (nSPS) is 12.3. The van der Waals surface area contributed by atoms with Gasteiger partial charge in [-0.15, -0.1) is 0 Å². The number of aliphatic imine (C=N–C) groups is 1. The Morgan fingerprint density at radius 2 is 1.33 bits per heavy atom. The van der Waals surface area contributed by atoms with Crippen LogP contribution >= 0.6 is 0 Å². The zero-order valence-electron chi connectivity index (χ0n) is 24.1. The highest BCUT2D eigenvalue weighted by Gasteiger charge is 2.14. The summed E-state index contributed by atoms with van der Waals surface area (Å²) in [5.41, 5.74) is 12.7. The van der Waals surface area contributed by atoms with E-state index in [4.69, 9.17) is 9.98 Å². The molecule has 0 amide bonds. The van der Waals surface area contributed by atoms with E-state index in [1.54, 1.807) is 0 Å². The van der Waals surface area contributed by atoms with Crippen LogP contribution in [0.15, 0.2) is 115 Å². The lowest BCUT2D eigenvalue weighted by molar-refractivity contribution is 0.888. The second kappa shape index (κ2) is 11.9. The monoisotopic (exact) mass is 561 g/mol. The van der Waals surface area contributed by atoms with Crippen molar-refractivity contribution in [1.29, 1.82) is 0 Å². The summed E-state index contributed by atoms with van der Waals surface area (Å²) < 4.78 is 2.04. The van der Waals surface area contributed by atoms with E-state index in [0.717, 1.165) is 88.3 Å². The number of nitrogens with zero attached hydrogens (tertiary/aromatic N) is 7. The van der Waals surface area contributed by atoms with Gasteiger partial charge in [-0.2, -0.15) is 0 Å². The summed E-state index contributed by atoms with van der Waals surface area (Å²) >= 11 is 0. The number of rotatable bonds is 6. The number of aromatic nitrogens is 6. The summed E-state index contributed by atoms with van der Waals surface area (Å²) in [6, 6.07) is 30.4. The largest absolute Gasteiger partial charge is 0.307 e. The van der Waals surface area contributed by atoms with Crippen LogP contribution in [0.4, 0.5) is 5.69 Å². The molecule has 1 aliphatic heterocycles. The maximum atomic E-state index is 4.77. The fourth-order valence-corrected chi connectivity index (χ4v) is 5.45. The van der Waals surface area contributed by atoms with Crippen molar-refractivity contribution < 1.29 is 0 Å². The van der Waals surface area contributed by atoms with Gasteiger partial charge in [0.15, 0.2) is 0 Å². The zero-order valence-corrected chi connectivity index (χ0v) is 24.1. The fourth-order valence-electron chi connectivity index (χ4n) is 5.45. The third-order valence-electron chi connectivity index (χ3n) is 7.71. The highest BCUT2D eigenvalue weighted by Crippen LogP contribution is 2.27. The molecule has 7 aromatic rings. The van der Waals surface area contributed by atoms with E-state index in [-0.39, 0.29) is 0 Å². The molecule has 0 saturated carbocycles. The highest BCUT2D eigenvalue weighted by molar-refractivity contribution is 5.94. The lowest BCUT2D eigenvalue weighted by Crippen LogP contribution is -2.04. The van der Waals surface area contributed by atoms with Crippen molar-refractivity contribution in [3.05, 3.63) is 138 Å². The van der Waals surface area contributed by atoms with Gasteiger partial charge in [0.1, 0.15) is 5.65 Å². The van der Waals surface area contributed by atoms with E-state index in [9.17, 15) is 0 Å². The maximum absolute atomic E-state index is 4.77. The molecule has 5 heterocycles. The van der Waals surface area contributed by atoms with Gasteiger partial charge < -0.3 is 4.40 Å². The van der Waals surface area contributed by atoms with Gasteiger partial charge in [-0.25, -0.2) is 19.9 Å². The van der Waals surface area contributed by atoms with Gasteiger partial charge in [0.25, 0.3) is 0 Å². The predicted molar refractivity (Wildman–Crippen MR) is 172 cm³/mol. The van der Waals surface area contributed by atoms with Crippen LogP contribution in [0.5, 0.6) is 0 Å². The molecular weight excluding hydrogens is 530 g/mol. The first kappa shape index (κ1) is 26.6. The molecule has 7 nitrogen and oxygen atoms in total. The second-order valence-corrected chi connectivity index (χ2v) is 10.8. The average Bonchev–Trinajstić information content (AvgIpc) is 3.67. The molecule has 0 atom stereocenters. The lowest BCUT2D eigenvalue weighted by Gasteiger charge is -2.06. The fraction of sp³-hybridized carbons (Fsp3) is 0.167. The van der Waals surface area contributed by atoms with Gasteiger partial charge in [0, 0.05) is 30.7 Å². The smallest absolute Gasteiger partial charge is 0.136 e. The standard InChI is InChI=1S/C19H17N3.C17H14N4/c1-13-16(22-19-9-5-4-8-18(19)20-13)11-10-15-12-14-6-2-3-7-17(14)21-15;1-2-6-16-15(5-1)18-11-13(19-16)8-9-14-12-21-10-4-3-7-17(21)20-14/h2-9H,10-12H2,1H3;1-7,10-12H,8-9H2. The van der Waals surface area contributed by atoms with Gasteiger partial charge in [-0.1, -0.05) is 48.5 Å². The maximum Gasteiger partial charge on any atom is 0.136 e. The van der Waals surface area contributed by atoms with E-state index in [2.05, 4.69) is 44.3 Å². The number of aryl methyl sites for hydroxylation is 4. The summed E-state index contributed by atoms with van der Waals surface area (Å²) in [6.07, 6.45) is 10.5.